The van der Waals surface area contributed by atoms with Crippen LogP contribution in [-0.4, -0.2) is 51.3 Å². The minimum absolute atomic E-state index is 0.200. The van der Waals surface area contributed by atoms with Gasteiger partial charge in [0.15, 0.2) is 0 Å². The number of nitrogens with zero attached hydrogens (tertiary/aromatic N) is 1. The number of primary amides is 1. The maximum Gasteiger partial charge on any atom is 0.256 e. The zero-order chi connectivity index (χ0) is 23.1. The molecule has 0 saturated carbocycles. The molecule has 174 valence electrons. The van der Waals surface area contributed by atoms with Gasteiger partial charge in [-0.1, -0.05) is 6.92 Å². The predicted molar refractivity (Wildman–Crippen MR) is 125 cm³/mol. The maximum absolute atomic E-state index is 12.8. The number of anilines is 1. The van der Waals surface area contributed by atoms with Crippen molar-refractivity contribution in [3.05, 3.63) is 45.8 Å². The number of aryl methyl sites for hydroxylation is 1. The second-order valence-electron chi connectivity index (χ2n) is 7.50. The average Bonchev–Trinajstić information content (AvgIpc) is 3.17. The van der Waals surface area contributed by atoms with Crippen LogP contribution in [0.25, 0.3) is 0 Å². The van der Waals surface area contributed by atoms with E-state index in [1.165, 1.54) is 45.3 Å². The van der Waals surface area contributed by atoms with Crippen molar-refractivity contribution < 1.29 is 22.7 Å². The first-order valence-electron chi connectivity index (χ1n) is 10.7. The van der Waals surface area contributed by atoms with Crippen molar-refractivity contribution in [3.8, 4) is 0 Å². The number of morpholine rings is 1. The molecule has 0 bridgehead atoms. The Balaban J connectivity index is 0.000000913. The molecule has 1 saturated heterocycles. The third kappa shape index (κ3) is 5.37. The fourth-order valence-electron chi connectivity index (χ4n) is 4.00. The number of carbonyl (C=O) groups excluding carboxylic acids is 2. The standard InChI is InChI=1S/C21H26N2O4S2.CH3NO/c1-2-17-18-5-3-4-6-19(18)28-21(17)22-20(24)15-7-9-16(10-8-15)29(25,26)23-11-13-27-14-12-23;2-1-3/h7-10H,2-6,11-14H2,1H3,(H,22,24);1H,(H2,2,3). The number of nitrogens with one attached hydrogen (secondary N) is 1. The molecule has 0 radical (unpaired) electrons. The first-order chi connectivity index (χ1) is 15.4. The number of fused-ring (bicyclic) bond motifs is 1. The molecule has 32 heavy (non-hydrogen) atoms. The third-order valence-corrected chi connectivity index (χ3v) is 8.75. The Morgan fingerprint density at radius 3 is 2.44 bits per heavy atom. The van der Waals surface area contributed by atoms with Crippen LogP contribution in [0.15, 0.2) is 29.2 Å². The van der Waals surface area contributed by atoms with Crippen LogP contribution in [0.1, 0.15) is 46.1 Å². The molecule has 1 fully saturated rings. The molecule has 1 aromatic carbocycles. The molecule has 0 unspecified atom stereocenters. The highest BCUT2D eigenvalue weighted by Crippen LogP contribution is 2.38. The summed E-state index contributed by atoms with van der Waals surface area (Å²) in [6.07, 6.45) is 5.76. The summed E-state index contributed by atoms with van der Waals surface area (Å²) < 4.78 is 32.1. The average molecular weight is 480 g/mol. The lowest BCUT2D eigenvalue weighted by Gasteiger charge is -2.26. The van der Waals surface area contributed by atoms with Crippen molar-refractivity contribution in [2.75, 3.05) is 31.6 Å². The molecule has 4 rings (SSSR count). The van der Waals surface area contributed by atoms with E-state index in [9.17, 15) is 13.2 Å². The third-order valence-electron chi connectivity index (χ3n) is 5.59. The number of sulfonamides is 1. The van der Waals surface area contributed by atoms with Crippen molar-refractivity contribution in [2.24, 2.45) is 5.73 Å². The molecule has 1 aliphatic heterocycles. The van der Waals surface area contributed by atoms with Gasteiger partial charge in [0, 0.05) is 23.5 Å². The molecular weight excluding hydrogens is 450 g/mol. The zero-order valence-corrected chi connectivity index (χ0v) is 19.8. The topological polar surface area (TPSA) is 119 Å². The van der Waals surface area contributed by atoms with Crippen LogP contribution < -0.4 is 11.1 Å². The first kappa shape index (κ1) is 24.4. The molecule has 3 N–H and O–H groups in total. The summed E-state index contributed by atoms with van der Waals surface area (Å²) in [5.74, 6) is -0.200. The van der Waals surface area contributed by atoms with Gasteiger partial charge in [-0.25, -0.2) is 8.42 Å². The number of hydrogen-bond acceptors (Lipinski definition) is 6. The van der Waals surface area contributed by atoms with Crippen molar-refractivity contribution in [1.29, 1.82) is 0 Å². The van der Waals surface area contributed by atoms with E-state index in [1.807, 2.05) is 0 Å². The molecule has 2 amide bonds. The van der Waals surface area contributed by atoms with Crippen LogP contribution in [0, 0.1) is 0 Å². The van der Waals surface area contributed by atoms with E-state index in [0.29, 0.717) is 31.9 Å². The number of thiophene rings is 1. The summed E-state index contributed by atoms with van der Waals surface area (Å²) in [6, 6.07) is 6.20. The largest absolute Gasteiger partial charge is 0.379 e. The number of rotatable bonds is 5. The van der Waals surface area contributed by atoms with E-state index in [4.69, 9.17) is 9.53 Å². The SMILES string of the molecule is CCc1c(NC(=O)c2ccc(S(=O)(=O)N3CCOCC3)cc2)sc2c1CCCC2.NC=O. The highest BCUT2D eigenvalue weighted by Gasteiger charge is 2.26. The quantitative estimate of drug-likeness (QED) is 0.639. The normalized spacial score (nSPS) is 16.4. The Morgan fingerprint density at radius 1 is 1.19 bits per heavy atom. The lowest BCUT2D eigenvalue weighted by atomic mass is 9.94. The highest BCUT2D eigenvalue weighted by atomic mass is 32.2. The molecule has 2 aliphatic rings. The second-order valence-corrected chi connectivity index (χ2v) is 10.5. The Labute approximate surface area is 192 Å². The van der Waals surface area contributed by atoms with E-state index < -0.39 is 10.0 Å². The lowest BCUT2D eigenvalue weighted by Crippen LogP contribution is -2.40. The Morgan fingerprint density at radius 2 is 1.81 bits per heavy atom. The number of nitrogens with two attached hydrogens (primary N) is 1. The molecule has 0 atom stereocenters. The van der Waals surface area contributed by atoms with Crippen LogP contribution >= 0.6 is 11.3 Å². The molecule has 2 aromatic rings. The fraction of sp³-hybridized carbons (Fsp3) is 0.455. The van der Waals surface area contributed by atoms with E-state index in [1.54, 1.807) is 23.5 Å². The smallest absolute Gasteiger partial charge is 0.256 e. The highest BCUT2D eigenvalue weighted by molar-refractivity contribution is 7.89. The van der Waals surface area contributed by atoms with Gasteiger partial charge in [0.25, 0.3) is 5.91 Å². The van der Waals surface area contributed by atoms with E-state index in [-0.39, 0.29) is 17.2 Å². The van der Waals surface area contributed by atoms with Crippen molar-refractivity contribution in [3.63, 3.8) is 0 Å². The Kier molecular flexibility index (Phi) is 8.41. The number of amides is 2. The molecule has 1 aromatic heterocycles. The first-order valence-corrected chi connectivity index (χ1v) is 13.0. The van der Waals surface area contributed by atoms with Crippen LogP contribution in [-0.2, 0) is 38.8 Å². The van der Waals surface area contributed by atoms with Gasteiger partial charge in [-0.2, -0.15) is 4.31 Å². The molecule has 1 aliphatic carbocycles. The van der Waals surface area contributed by atoms with Crippen molar-refractivity contribution in [2.45, 2.75) is 43.9 Å². The summed E-state index contributed by atoms with van der Waals surface area (Å²) >= 11 is 1.69. The van der Waals surface area contributed by atoms with Crippen LogP contribution in [0.4, 0.5) is 5.00 Å². The zero-order valence-electron chi connectivity index (χ0n) is 18.1. The summed E-state index contributed by atoms with van der Waals surface area (Å²) in [7, 11) is -3.55. The van der Waals surface area contributed by atoms with Gasteiger partial charge in [-0.05, 0) is 67.5 Å². The van der Waals surface area contributed by atoms with Gasteiger partial charge >= 0.3 is 0 Å². The summed E-state index contributed by atoms with van der Waals surface area (Å²) in [5.41, 5.74) is 7.30. The van der Waals surface area contributed by atoms with Gasteiger partial charge in [-0.3, -0.25) is 9.59 Å². The molecule has 0 spiro atoms. The monoisotopic (exact) mass is 479 g/mol. The summed E-state index contributed by atoms with van der Waals surface area (Å²) in [6.45, 7) is 3.65. The number of ether oxygens (including phenoxy) is 1. The summed E-state index contributed by atoms with van der Waals surface area (Å²) in [5, 5.41) is 4.00. The number of benzene rings is 1. The molecule has 10 heteroatoms. The number of carbonyl (C=O) groups is 2. The van der Waals surface area contributed by atoms with Crippen LogP contribution in [0.2, 0.25) is 0 Å². The van der Waals surface area contributed by atoms with E-state index in [0.717, 1.165) is 24.3 Å². The van der Waals surface area contributed by atoms with Gasteiger partial charge in [-0.15, -0.1) is 11.3 Å². The van der Waals surface area contributed by atoms with Gasteiger partial charge in [0.05, 0.1) is 23.1 Å². The van der Waals surface area contributed by atoms with Gasteiger partial charge in [0.1, 0.15) is 0 Å². The molecule has 2 heterocycles. The number of hydrogen-bond donors (Lipinski definition) is 2. The Hall–Kier alpha value is -2.27. The van der Waals surface area contributed by atoms with Crippen molar-refractivity contribution in [1.82, 2.24) is 4.31 Å². The molecular formula is C22H29N3O5S2. The van der Waals surface area contributed by atoms with Crippen molar-refractivity contribution >= 4 is 38.7 Å². The minimum Gasteiger partial charge on any atom is -0.379 e. The Bertz CT molecular complexity index is 1040. The fourth-order valence-corrected chi connectivity index (χ4v) is 6.78. The molecule has 8 nitrogen and oxygen atoms in total. The maximum atomic E-state index is 12.8. The lowest BCUT2D eigenvalue weighted by molar-refractivity contribution is -0.106. The van der Waals surface area contributed by atoms with Gasteiger partial charge in [0.2, 0.25) is 16.4 Å². The second kappa shape index (κ2) is 11.0. The minimum atomic E-state index is -3.55. The van der Waals surface area contributed by atoms with E-state index in [2.05, 4.69) is 18.0 Å². The van der Waals surface area contributed by atoms with Gasteiger partial charge < -0.3 is 15.8 Å². The summed E-state index contributed by atoms with van der Waals surface area (Å²) in [4.78, 5) is 23.0. The van der Waals surface area contributed by atoms with Crippen LogP contribution in [0.3, 0.4) is 0 Å². The van der Waals surface area contributed by atoms with Crippen LogP contribution in [0.5, 0.6) is 0 Å². The predicted octanol–water partition coefficient (Wildman–Crippen LogP) is 2.56. The van der Waals surface area contributed by atoms with E-state index >= 15 is 0 Å².